The molecule has 0 aromatic rings. The normalized spacial score (nSPS) is 28.1. The Hall–Kier alpha value is -1.10. The molecule has 5 heteroatoms. The molecule has 0 aromatic carbocycles. The van der Waals surface area contributed by atoms with Crippen molar-refractivity contribution in [1.82, 2.24) is 5.32 Å². The van der Waals surface area contributed by atoms with Gasteiger partial charge in [0.15, 0.2) is 5.54 Å². The molecule has 1 aliphatic rings. The molecule has 0 aliphatic carbocycles. The lowest BCUT2D eigenvalue weighted by molar-refractivity contribution is -0.154. The molecule has 1 heterocycles. The Labute approximate surface area is 76.6 Å². The molecule has 0 bridgehead atoms. The quantitative estimate of drug-likeness (QED) is 0.435. The molecule has 1 unspecified atom stereocenters. The van der Waals surface area contributed by atoms with Crippen LogP contribution in [0.3, 0.4) is 0 Å². The zero-order valence-corrected chi connectivity index (χ0v) is 7.63. The lowest BCUT2D eigenvalue weighted by Gasteiger charge is -2.32. The number of primary amides is 1. The molecule has 5 nitrogen and oxygen atoms in total. The van der Waals surface area contributed by atoms with Gasteiger partial charge >= 0.3 is 5.97 Å². The Bertz CT molecular complexity index is 221. The molecule has 0 spiro atoms. The van der Waals surface area contributed by atoms with Gasteiger partial charge in [0, 0.05) is 0 Å². The Morgan fingerprint density at radius 3 is 2.54 bits per heavy atom. The topological polar surface area (TPSA) is 81.4 Å². The van der Waals surface area contributed by atoms with E-state index < -0.39 is 17.4 Å². The van der Waals surface area contributed by atoms with Crippen molar-refractivity contribution in [2.24, 2.45) is 5.73 Å². The van der Waals surface area contributed by atoms with Crippen molar-refractivity contribution in [2.45, 2.75) is 24.8 Å². The van der Waals surface area contributed by atoms with E-state index in [4.69, 9.17) is 5.73 Å². The van der Waals surface area contributed by atoms with Crippen molar-refractivity contribution in [1.29, 1.82) is 0 Å². The van der Waals surface area contributed by atoms with E-state index in [9.17, 15) is 9.59 Å². The number of nitrogens with two attached hydrogens (primary N) is 1. The van der Waals surface area contributed by atoms with Crippen molar-refractivity contribution in [2.75, 3.05) is 13.7 Å². The fourth-order valence-electron chi connectivity index (χ4n) is 1.56. The van der Waals surface area contributed by atoms with Crippen LogP contribution in [0, 0.1) is 0 Å². The molecule has 0 saturated carbocycles. The number of piperidine rings is 1. The minimum absolute atomic E-state index is 0.426. The van der Waals surface area contributed by atoms with E-state index >= 15 is 0 Å². The lowest BCUT2D eigenvalue weighted by atomic mass is 9.88. The first-order valence-electron chi connectivity index (χ1n) is 4.27. The number of carbonyl (C=O) groups is 2. The molecule has 1 aliphatic heterocycles. The molecule has 1 atom stereocenters. The standard InChI is InChI=1S/C8H14N2O3/c1-13-7(12)8(6(9)11)4-2-3-5-10-8/h10H,2-5H2,1H3,(H2,9,11). The van der Waals surface area contributed by atoms with E-state index in [0.717, 1.165) is 12.8 Å². The molecule has 3 N–H and O–H groups in total. The van der Waals surface area contributed by atoms with E-state index in [1.54, 1.807) is 0 Å². The van der Waals surface area contributed by atoms with Gasteiger partial charge in [-0.3, -0.25) is 10.1 Å². The maximum absolute atomic E-state index is 11.3. The monoisotopic (exact) mass is 186 g/mol. The fourth-order valence-corrected chi connectivity index (χ4v) is 1.56. The number of hydrogen-bond donors (Lipinski definition) is 2. The average molecular weight is 186 g/mol. The van der Waals surface area contributed by atoms with Crippen molar-refractivity contribution in [3.05, 3.63) is 0 Å². The van der Waals surface area contributed by atoms with Gasteiger partial charge in [0.25, 0.3) is 0 Å². The van der Waals surface area contributed by atoms with E-state index in [0.29, 0.717) is 13.0 Å². The summed E-state index contributed by atoms with van der Waals surface area (Å²) in [7, 11) is 1.25. The first kappa shape index (κ1) is 9.98. The summed E-state index contributed by atoms with van der Waals surface area (Å²) in [5.41, 5.74) is 3.89. The number of amides is 1. The Morgan fingerprint density at radius 1 is 1.46 bits per heavy atom. The van der Waals surface area contributed by atoms with Gasteiger partial charge in [-0.1, -0.05) is 0 Å². The van der Waals surface area contributed by atoms with Crippen LogP contribution in [0.1, 0.15) is 19.3 Å². The highest BCUT2D eigenvalue weighted by Crippen LogP contribution is 2.20. The molecule has 0 aromatic heterocycles. The largest absolute Gasteiger partial charge is 0.467 e. The average Bonchev–Trinajstić information content (AvgIpc) is 2.17. The molecule has 1 fully saturated rings. The molecule has 1 saturated heterocycles. The van der Waals surface area contributed by atoms with E-state index in [-0.39, 0.29) is 0 Å². The van der Waals surface area contributed by atoms with Gasteiger partial charge in [0.2, 0.25) is 5.91 Å². The minimum atomic E-state index is -1.28. The predicted molar refractivity (Wildman–Crippen MR) is 45.8 cm³/mol. The van der Waals surface area contributed by atoms with Gasteiger partial charge in [-0.25, -0.2) is 4.79 Å². The van der Waals surface area contributed by atoms with Crippen LogP contribution in [-0.4, -0.2) is 31.1 Å². The second kappa shape index (κ2) is 3.74. The molecule has 13 heavy (non-hydrogen) atoms. The van der Waals surface area contributed by atoms with Crippen molar-refractivity contribution >= 4 is 11.9 Å². The van der Waals surface area contributed by atoms with Gasteiger partial charge in [-0.15, -0.1) is 0 Å². The van der Waals surface area contributed by atoms with Gasteiger partial charge in [0.1, 0.15) is 0 Å². The highest BCUT2D eigenvalue weighted by atomic mass is 16.5. The molecular formula is C8H14N2O3. The summed E-state index contributed by atoms with van der Waals surface area (Å²) >= 11 is 0. The van der Waals surface area contributed by atoms with Crippen LogP contribution in [0.5, 0.6) is 0 Å². The van der Waals surface area contributed by atoms with E-state index in [1.165, 1.54) is 7.11 Å². The Morgan fingerprint density at radius 2 is 2.15 bits per heavy atom. The third-order valence-corrected chi connectivity index (χ3v) is 2.36. The Kier molecular flexibility index (Phi) is 2.87. The fraction of sp³-hybridized carbons (Fsp3) is 0.750. The van der Waals surface area contributed by atoms with E-state index in [1.807, 2.05) is 0 Å². The van der Waals surface area contributed by atoms with Crippen molar-refractivity contribution in [3.8, 4) is 0 Å². The van der Waals surface area contributed by atoms with Gasteiger partial charge < -0.3 is 10.5 Å². The van der Waals surface area contributed by atoms with Crippen LogP contribution in [-0.2, 0) is 14.3 Å². The van der Waals surface area contributed by atoms with Gasteiger partial charge in [0.05, 0.1) is 7.11 Å². The maximum atomic E-state index is 11.3. The first-order valence-corrected chi connectivity index (χ1v) is 4.27. The summed E-state index contributed by atoms with van der Waals surface area (Å²) in [6.07, 6.45) is 2.19. The summed E-state index contributed by atoms with van der Waals surface area (Å²) in [6.45, 7) is 0.623. The van der Waals surface area contributed by atoms with Crippen molar-refractivity contribution < 1.29 is 14.3 Å². The highest BCUT2D eigenvalue weighted by molar-refractivity contribution is 6.06. The summed E-state index contributed by atoms with van der Waals surface area (Å²) in [4.78, 5) is 22.5. The van der Waals surface area contributed by atoms with Crippen LogP contribution in [0.2, 0.25) is 0 Å². The first-order chi connectivity index (χ1) is 6.13. The van der Waals surface area contributed by atoms with Crippen LogP contribution in [0.25, 0.3) is 0 Å². The number of methoxy groups -OCH3 is 1. The third kappa shape index (κ3) is 1.65. The number of nitrogens with one attached hydrogen (secondary N) is 1. The lowest BCUT2D eigenvalue weighted by Crippen LogP contribution is -2.63. The highest BCUT2D eigenvalue weighted by Gasteiger charge is 2.46. The van der Waals surface area contributed by atoms with Crippen LogP contribution in [0.15, 0.2) is 0 Å². The zero-order valence-electron chi connectivity index (χ0n) is 7.63. The minimum Gasteiger partial charge on any atom is -0.467 e. The summed E-state index contributed by atoms with van der Waals surface area (Å²) in [6, 6.07) is 0. The molecular weight excluding hydrogens is 172 g/mol. The maximum Gasteiger partial charge on any atom is 0.335 e. The summed E-state index contributed by atoms with van der Waals surface area (Å²) in [5.74, 6) is -1.24. The zero-order chi connectivity index (χ0) is 9.90. The van der Waals surface area contributed by atoms with Gasteiger partial charge in [-0.2, -0.15) is 0 Å². The van der Waals surface area contributed by atoms with Crippen LogP contribution < -0.4 is 11.1 Å². The Balaban J connectivity index is 2.85. The second-order valence-corrected chi connectivity index (χ2v) is 3.15. The number of rotatable bonds is 2. The van der Waals surface area contributed by atoms with Crippen molar-refractivity contribution in [3.63, 3.8) is 0 Å². The predicted octanol–water partition coefficient (Wildman–Crippen LogP) is -0.843. The molecule has 1 rings (SSSR count). The third-order valence-electron chi connectivity index (χ3n) is 2.36. The van der Waals surface area contributed by atoms with Gasteiger partial charge in [-0.05, 0) is 25.8 Å². The second-order valence-electron chi connectivity index (χ2n) is 3.15. The van der Waals surface area contributed by atoms with Crippen LogP contribution >= 0.6 is 0 Å². The molecule has 0 radical (unpaired) electrons. The summed E-state index contributed by atoms with van der Waals surface area (Å²) in [5, 5.41) is 2.83. The molecule has 1 amide bonds. The number of ether oxygens (including phenoxy) is 1. The number of hydrogen-bond acceptors (Lipinski definition) is 4. The van der Waals surface area contributed by atoms with Crippen LogP contribution in [0.4, 0.5) is 0 Å². The van der Waals surface area contributed by atoms with E-state index in [2.05, 4.69) is 10.1 Å². The molecule has 74 valence electrons. The number of esters is 1. The number of carbonyl (C=O) groups excluding carboxylic acids is 2. The smallest absolute Gasteiger partial charge is 0.335 e. The summed E-state index contributed by atoms with van der Waals surface area (Å²) < 4.78 is 4.55. The SMILES string of the molecule is COC(=O)C1(C(N)=O)CCCCN1.